The molecule has 0 N–H and O–H groups in total. The Morgan fingerprint density at radius 1 is 1.56 bits per heavy atom. The van der Waals surface area contributed by atoms with Gasteiger partial charge >= 0.3 is 0 Å². The molecule has 0 saturated heterocycles. The molecular weight excluding hydrogens is 221 g/mol. The summed E-state index contributed by atoms with van der Waals surface area (Å²) in [4.78, 5) is 4.45. The van der Waals surface area contributed by atoms with Gasteiger partial charge in [0.15, 0.2) is 0 Å². The summed E-state index contributed by atoms with van der Waals surface area (Å²) in [6.07, 6.45) is 4.67. The fourth-order valence-electron chi connectivity index (χ4n) is 1.29. The van der Waals surface area contributed by atoms with Crippen LogP contribution in [0.25, 0.3) is 5.57 Å². The van der Waals surface area contributed by atoms with Crippen LogP contribution >= 0.6 is 11.3 Å². The molecule has 0 fully saturated rings. The minimum atomic E-state index is -0.176. The molecule has 0 aromatic carbocycles. The molecule has 0 unspecified atom stereocenters. The molecule has 0 radical (unpaired) electrons. The Labute approximate surface area is 101 Å². The minimum absolute atomic E-state index is 0.176. The third-order valence-corrected chi connectivity index (χ3v) is 3.33. The third-order valence-electron chi connectivity index (χ3n) is 2.18. The van der Waals surface area contributed by atoms with Crippen LogP contribution in [0.15, 0.2) is 23.4 Å². The van der Waals surface area contributed by atoms with Gasteiger partial charge in [0.05, 0.1) is 10.7 Å². The summed E-state index contributed by atoms with van der Waals surface area (Å²) in [7, 11) is 0. The summed E-state index contributed by atoms with van der Waals surface area (Å²) < 4.78 is 13.4. The Balaban J connectivity index is 3.04. The van der Waals surface area contributed by atoms with Crippen molar-refractivity contribution in [2.24, 2.45) is 0 Å². The molecule has 3 heteroatoms. The molecule has 0 aliphatic rings. The maximum absolute atomic E-state index is 13.4. The number of hydrogen-bond acceptors (Lipinski definition) is 2. The highest BCUT2D eigenvalue weighted by Gasteiger charge is 2.10. The second-order valence-electron chi connectivity index (χ2n) is 3.98. The highest BCUT2D eigenvalue weighted by Crippen LogP contribution is 2.26. The fraction of sp³-hybridized carbons (Fsp3) is 0.462. The number of rotatable bonds is 4. The van der Waals surface area contributed by atoms with E-state index in [1.54, 1.807) is 11.3 Å². The maximum Gasteiger partial charge on any atom is 0.106 e. The number of thiazole rings is 1. The lowest BCUT2D eigenvalue weighted by molar-refractivity contribution is 0.644. The van der Waals surface area contributed by atoms with Gasteiger partial charge in [-0.3, -0.25) is 0 Å². The molecule has 0 atom stereocenters. The monoisotopic (exact) mass is 239 g/mol. The molecule has 1 heterocycles. The van der Waals surface area contributed by atoms with Crippen molar-refractivity contribution in [3.63, 3.8) is 0 Å². The Hall–Kier alpha value is -0.960. The highest BCUT2D eigenvalue weighted by molar-refractivity contribution is 7.09. The third kappa shape index (κ3) is 3.27. The number of allylic oxidation sites excluding steroid dienone is 4. The van der Waals surface area contributed by atoms with Gasteiger partial charge in [-0.15, -0.1) is 11.3 Å². The van der Waals surface area contributed by atoms with Gasteiger partial charge in [0.25, 0.3) is 0 Å². The van der Waals surface area contributed by atoms with Crippen LogP contribution in [0.1, 0.15) is 50.7 Å². The zero-order valence-corrected chi connectivity index (χ0v) is 11.1. The first-order valence-electron chi connectivity index (χ1n) is 5.55. The van der Waals surface area contributed by atoms with Crippen molar-refractivity contribution < 1.29 is 4.39 Å². The van der Waals surface area contributed by atoms with Crippen LogP contribution in [0.3, 0.4) is 0 Å². The molecule has 16 heavy (non-hydrogen) atoms. The summed E-state index contributed by atoms with van der Waals surface area (Å²) in [5.74, 6) is 0.223. The minimum Gasteiger partial charge on any atom is -0.241 e. The van der Waals surface area contributed by atoms with Gasteiger partial charge in [-0.2, -0.15) is 0 Å². The molecule has 0 bridgehead atoms. The quantitative estimate of drug-likeness (QED) is 0.679. The van der Waals surface area contributed by atoms with E-state index in [1.807, 2.05) is 24.5 Å². The molecule has 1 nitrogen and oxygen atoms in total. The van der Waals surface area contributed by atoms with E-state index in [0.29, 0.717) is 11.5 Å². The van der Waals surface area contributed by atoms with Gasteiger partial charge < -0.3 is 0 Å². The van der Waals surface area contributed by atoms with E-state index < -0.39 is 0 Å². The van der Waals surface area contributed by atoms with Crippen LogP contribution < -0.4 is 0 Å². The lowest BCUT2D eigenvalue weighted by Crippen LogP contribution is -1.88. The summed E-state index contributed by atoms with van der Waals surface area (Å²) >= 11 is 1.59. The topological polar surface area (TPSA) is 12.9 Å². The van der Waals surface area contributed by atoms with Crippen LogP contribution in [0.4, 0.5) is 4.39 Å². The number of nitrogens with zero attached hydrogens (tertiary/aromatic N) is 1. The second-order valence-corrected chi connectivity index (χ2v) is 4.87. The smallest absolute Gasteiger partial charge is 0.106 e. The van der Waals surface area contributed by atoms with E-state index in [2.05, 4.69) is 18.8 Å². The molecule has 1 aromatic rings. The molecule has 1 rings (SSSR count). The predicted octanol–water partition coefficient (Wildman–Crippen LogP) is 4.93. The lowest BCUT2D eigenvalue weighted by atomic mass is 10.1. The number of halogens is 1. The van der Waals surface area contributed by atoms with E-state index in [9.17, 15) is 4.39 Å². The van der Waals surface area contributed by atoms with E-state index in [4.69, 9.17) is 0 Å². The summed E-state index contributed by atoms with van der Waals surface area (Å²) in [6.45, 7) is 7.69. The van der Waals surface area contributed by atoms with Crippen LogP contribution in [-0.2, 0) is 0 Å². The van der Waals surface area contributed by atoms with E-state index in [1.165, 1.54) is 6.92 Å². The van der Waals surface area contributed by atoms with Crippen molar-refractivity contribution in [3.05, 3.63) is 34.1 Å². The second kappa shape index (κ2) is 5.94. The van der Waals surface area contributed by atoms with Gasteiger partial charge in [-0.25, -0.2) is 9.37 Å². The zero-order chi connectivity index (χ0) is 12.1. The Bertz CT molecular complexity index is 398. The Kier molecular flexibility index (Phi) is 4.87. The maximum atomic E-state index is 13.4. The van der Waals surface area contributed by atoms with Crippen molar-refractivity contribution in [3.8, 4) is 0 Å². The van der Waals surface area contributed by atoms with Gasteiger partial charge in [0, 0.05) is 16.9 Å². The largest absolute Gasteiger partial charge is 0.241 e. The summed E-state index contributed by atoms with van der Waals surface area (Å²) in [5.41, 5.74) is 1.35. The van der Waals surface area contributed by atoms with Crippen LogP contribution in [0.5, 0.6) is 0 Å². The van der Waals surface area contributed by atoms with Crippen molar-refractivity contribution >= 4 is 16.9 Å². The average molecular weight is 239 g/mol. The van der Waals surface area contributed by atoms with E-state index >= 15 is 0 Å². The SMILES string of the molecule is CC/C=C\C(=C(/C)F)c1csc(C(C)C)n1. The number of hydrogen-bond donors (Lipinski definition) is 0. The Morgan fingerprint density at radius 3 is 2.69 bits per heavy atom. The van der Waals surface area contributed by atoms with Crippen molar-refractivity contribution in [1.82, 2.24) is 4.98 Å². The molecular formula is C13H18FNS. The first kappa shape index (κ1) is 13.1. The first-order valence-corrected chi connectivity index (χ1v) is 6.43. The van der Waals surface area contributed by atoms with Crippen molar-refractivity contribution in [2.45, 2.75) is 40.0 Å². The summed E-state index contributed by atoms with van der Waals surface area (Å²) in [5, 5.41) is 2.98. The highest BCUT2D eigenvalue weighted by atomic mass is 32.1. The Morgan fingerprint density at radius 2 is 2.25 bits per heavy atom. The molecule has 1 aromatic heterocycles. The molecule has 0 amide bonds. The van der Waals surface area contributed by atoms with E-state index in [-0.39, 0.29) is 5.83 Å². The molecule has 0 saturated carbocycles. The fourth-order valence-corrected chi connectivity index (χ4v) is 2.12. The first-order chi connectivity index (χ1) is 7.56. The summed E-state index contributed by atoms with van der Waals surface area (Å²) in [6, 6.07) is 0. The van der Waals surface area contributed by atoms with Gasteiger partial charge in [0.2, 0.25) is 0 Å². The molecule has 0 aliphatic heterocycles. The van der Waals surface area contributed by atoms with Crippen molar-refractivity contribution in [1.29, 1.82) is 0 Å². The van der Waals surface area contributed by atoms with Gasteiger partial charge in [-0.05, 0) is 13.3 Å². The molecule has 0 spiro atoms. The number of aromatic nitrogens is 1. The predicted molar refractivity (Wildman–Crippen MR) is 69.3 cm³/mol. The van der Waals surface area contributed by atoms with Crippen LogP contribution in [0.2, 0.25) is 0 Å². The lowest BCUT2D eigenvalue weighted by Gasteiger charge is -1.99. The molecule has 88 valence electrons. The average Bonchev–Trinajstić information content (AvgIpc) is 2.67. The van der Waals surface area contributed by atoms with E-state index in [0.717, 1.165) is 17.1 Å². The van der Waals surface area contributed by atoms with Gasteiger partial charge in [-0.1, -0.05) is 32.9 Å². The van der Waals surface area contributed by atoms with Crippen molar-refractivity contribution in [2.75, 3.05) is 0 Å². The molecule has 0 aliphatic carbocycles. The standard InChI is InChI=1S/C13H18FNS/c1-5-6-7-11(10(4)14)12-8-16-13(15-12)9(2)3/h6-9H,5H2,1-4H3/b7-6-,11-10-. The van der Waals surface area contributed by atoms with Gasteiger partial charge in [0.1, 0.15) is 5.83 Å². The normalized spacial score (nSPS) is 13.6. The van der Waals surface area contributed by atoms with Crippen LogP contribution in [-0.4, -0.2) is 4.98 Å². The zero-order valence-electron chi connectivity index (χ0n) is 10.2. The van der Waals surface area contributed by atoms with Crippen LogP contribution in [0, 0.1) is 0 Å².